The van der Waals surface area contributed by atoms with Crippen LogP contribution in [0.5, 0.6) is 0 Å². The fourth-order valence-corrected chi connectivity index (χ4v) is 0.987. The van der Waals surface area contributed by atoms with Gasteiger partial charge in [-0.3, -0.25) is 4.79 Å². The van der Waals surface area contributed by atoms with E-state index in [9.17, 15) is 4.79 Å². The normalized spacial score (nSPS) is 10.4. The van der Waals surface area contributed by atoms with E-state index in [-0.39, 0.29) is 11.8 Å². The molecule has 86 valence electrons. The molecule has 0 aromatic heterocycles. The Morgan fingerprint density at radius 3 is 1.86 bits per heavy atom. The number of hydrogen-bond acceptors (Lipinski definition) is 1. The molecule has 0 saturated heterocycles. The molecule has 1 N–H and O–H groups in total. The van der Waals surface area contributed by atoms with E-state index in [2.05, 4.69) is 6.92 Å². The van der Waals surface area contributed by atoms with E-state index in [1.807, 2.05) is 20.8 Å². The second-order valence-corrected chi connectivity index (χ2v) is 4.91. The third kappa shape index (κ3) is 22.6. The highest BCUT2D eigenvalue weighted by Gasteiger charge is 2.13. The Bertz CT molecular complexity index is 135. The summed E-state index contributed by atoms with van der Waals surface area (Å²) in [5, 5.41) is 8.25. The molecule has 0 aromatic rings. The highest BCUT2D eigenvalue weighted by Crippen LogP contribution is 2.17. The second-order valence-electron chi connectivity index (χ2n) is 4.53. The molecule has 0 heterocycles. The summed E-state index contributed by atoms with van der Waals surface area (Å²) < 4.78 is 0. The molecule has 0 rings (SSSR count). The number of aliphatic carboxylic acids is 1. The van der Waals surface area contributed by atoms with E-state index in [0.717, 1.165) is 5.88 Å². The van der Waals surface area contributed by atoms with Gasteiger partial charge < -0.3 is 5.11 Å². The summed E-state index contributed by atoms with van der Waals surface area (Å²) in [6, 6.07) is 0. The number of carboxylic acids is 1. The lowest BCUT2D eigenvalue weighted by atomic mass is 9.93. The molecule has 0 aromatic carbocycles. The second kappa shape index (κ2) is 9.32. The lowest BCUT2D eigenvalue weighted by molar-refractivity contribution is -0.139. The SMILES string of the molecule is CC(C)(C)CC(=O)O.CCCCCCl. The lowest BCUT2D eigenvalue weighted by Gasteiger charge is -2.13. The van der Waals surface area contributed by atoms with Crippen molar-refractivity contribution in [1.82, 2.24) is 0 Å². The van der Waals surface area contributed by atoms with Crippen molar-refractivity contribution >= 4 is 17.6 Å². The van der Waals surface area contributed by atoms with Crippen molar-refractivity contribution in [3.63, 3.8) is 0 Å². The first-order valence-corrected chi connectivity index (χ1v) is 5.64. The maximum Gasteiger partial charge on any atom is 0.303 e. The summed E-state index contributed by atoms with van der Waals surface area (Å²) in [7, 11) is 0. The topological polar surface area (TPSA) is 37.3 Å². The zero-order valence-corrected chi connectivity index (χ0v) is 10.5. The van der Waals surface area contributed by atoms with Crippen molar-refractivity contribution in [2.24, 2.45) is 5.41 Å². The van der Waals surface area contributed by atoms with Gasteiger partial charge in [-0.2, -0.15) is 0 Å². The monoisotopic (exact) mass is 222 g/mol. The predicted molar refractivity (Wildman–Crippen MR) is 62.0 cm³/mol. The molecular formula is C11H23ClO2. The molecule has 0 atom stereocenters. The Kier molecular flexibility index (Phi) is 10.8. The van der Waals surface area contributed by atoms with Crippen molar-refractivity contribution in [3.8, 4) is 0 Å². The van der Waals surface area contributed by atoms with Crippen LogP contribution in [0.4, 0.5) is 0 Å². The maximum atomic E-state index is 10.0. The van der Waals surface area contributed by atoms with Gasteiger partial charge in [0.2, 0.25) is 0 Å². The largest absolute Gasteiger partial charge is 0.481 e. The van der Waals surface area contributed by atoms with Crippen molar-refractivity contribution in [3.05, 3.63) is 0 Å². The van der Waals surface area contributed by atoms with Crippen LogP contribution in [0.15, 0.2) is 0 Å². The van der Waals surface area contributed by atoms with Gasteiger partial charge in [0, 0.05) is 5.88 Å². The number of hydrogen-bond donors (Lipinski definition) is 1. The standard InChI is InChI=1S/C6H12O2.C5H11Cl/c1-6(2,3)4-5(7)8;1-2-3-4-5-6/h4H2,1-3H3,(H,7,8);2-5H2,1H3. The molecular weight excluding hydrogens is 200 g/mol. The first-order chi connectivity index (χ1) is 6.33. The smallest absolute Gasteiger partial charge is 0.303 e. The van der Waals surface area contributed by atoms with Crippen molar-refractivity contribution in [1.29, 1.82) is 0 Å². The zero-order valence-electron chi connectivity index (χ0n) is 9.77. The fourth-order valence-electron chi connectivity index (χ4n) is 0.798. The number of alkyl halides is 1. The number of carbonyl (C=O) groups is 1. The van der Waals surface area contributed by atoms with Crippen LogP contribution >= 0.6 is 11.6 Å². The van der Waals surface area contributed by atoms with Crippen LogP contribution < -0.4 is 0 Å². The summed E-state index contributed by atoms with van der Waals surface area (Å²) in [4.78, 5) is 10.0. The van der Waals surface area contributed by atoms with Crippen LogP contribution in [0.25, 0.3) is 0 Å². The summed E-state index contributed by atoms with van der Waals surface area (Å²) in [5.74, 6) is 0.103. The molecule has 3 heteroatoms. The minimum Gasteiger partial charge on any atom is -0.481 e. The van der Waals surface area contributed by atoms with E-state index in [4.69, 9.17) is 16.7 Å². The first-order valence-electron chi connectivity index (χ1n) is 5.11. The maximum absolute atomic E-state index is 10.0. The van der Waals surface area contributed by atoms with Gasteiger partial charge >= 0.3 is 5.97 Å². The molecule has 0 aliphatic rings. The fraction of sp³-hybridized carbons (Fsp3) is 0.909. The van der Waals surface area contributed by atoms with Gasteiger partial charge in [-0.15, -0.1) is 11.6 Å². The minimum absolute atomic E-state index is 0.0775. The summed E-state index contributed by atoms with van der Waals surface area (Å²) in [5.41, 5.74) is -0.0775. The van der Waals surface area contributed by atoms with Gasteiger partial charge in [-0.1, -0.05) is 40.5 Å². The molecule has 0 spiro atoms. The van der Waals surface area contributed by atoms with Crippen LogP contribution in [0.3, 0.4) is 0 Å². The van der Waals surface area contributed by atoms with Crippen LogP contribution in [0.1, 0.15) is 53.4 Å². The molecule has 0 unspecified atom stereocenters. The van der Waals surface area contributed by atoms with E-state index < -0.39 is 5.97 Å². The molecule has 0 saturated carbocycles. The average molecular weight is 223 g/mol. The summed E-state index contributed by atoms with van der Waals surface area (Å²) in [6.07, 6.45) is 3.97. The molecule has 0 radical (unpaired) electrons. The zero-order chi connectivity index (χ0) is 11.6. The van der Waals surface area contributed by atoms with Crippen LogP contribution in [-0.4, -0.2) is 17.0 Å². The average Bonchev–Trinajstić information content (AvgIpc) is 1.97. The van der Waals surface area contributed by atoms with Crippen molar-refractivity contribution in [2.45, 2.75) is 53.4 Å². The van der Waals surface area contributed by atoms with E-state index >= 15 is 0 Å². The highest BCUT2D eigenvalue weighted by molar-refractivity contribution is 6.17. The van der Waals surface area contributed by atoms with E-state index in [1.54, 1.807) is 0 Å². The van der Waals surface area contributed by atoms with Crippen LogP contribution in [-0.2, 0) is 4.79 Å². The van der Waals surface area contributed by atoms with Gasteiger partial charge in [-0.25, -0.2) is 0 Å². The number of halogens is 1. The van der Waals surface area contributed by atoms with Gasteiger partial charge in [0.25, 0.3) is 0 Å². The number of unbranched alkanes of at least 4 members (excludes halogenated alkanes) is 2. The molecule has 0 bridgehead atoms. The van der Waals surface area contributed by atoms with Gasteiger partial charge in [-0.05, 0) is 11.8 Å². The van der Waals surface area contributed by atoms with Gasteiger partial charge in [0.05, 0.1) is 6.42 Å². The quantitative estimate of drug-likeness (QED) is 0.578. The van der Waals surface area contributed by atoms with Crippen molar-refractivity contribution in [2.75, 3.05) is 5.88 Å². The van der Waals surface area contributed by atoms with E-state index in [0.29, 0.717) is 0 Å². The molecule has 0 aliphatic carbocycles. The Morgan fingerprint density at radius 1 is 1.29 bits per heavy atom. The van der Waals surface area contributed by atoms with Crippen LogP contribution in [0.2, 0.25) is 0 Å². The highest BCUT2D eigenvalue weighted by atomic mass is 35.5. The Morgan fingerprint density at radius 2 is 1.79 bits per heavy atom. The minimum atomic E-state index is -0.725. The van der Waals surface area contributed by atoms with Gasteiger partial charge in [0.1, 0.15) is 0 Å². The van der Waals surface area contributed by atoms with Crippen molar-refractivity contribution < 1.29 is 9.90 Å². The molecule has 2 nitrogen and oxygen atoms in total. The Hall–Kier alpha value is -0.240. The molecule has 0 aliphatic heterocycles. The first kappa shape index (κ1) is 16.2. The number of rotatable bonds is 4. The molecule has 0 fully saturated rings. The Labute approximate surface area is 92.7 Å². The third-order valence-corrected chi connectivity index (χ3v) is 1.69. The molecule has 14 heavy (non-hydrogen) atoms. The Balaban J connectivity index is 0. The van der Waals surface area contributed by atoms with Gasteiger partial charge in [0.15, 0.2) is 0 Å². The third-order valence-electron chi connectivity index (χ3n) is 1.42. The summed E-state index contributed by atoms with van der Waals surface area (Å²) in [6.45, 7) is 7.88. The van der Waals surface area contributed by atoms with E-state index in [1.165, 1.54) is 19.3 Å². The molecule has 0 amide bonds. The predicted octanol–water partition coefficient (Wildman–Crippen LogP) is 3.92. The van der Waals surface area contributed by atoms with Crippen LogP contribution in [0, 0.1) is 5.41 Å². The number of carboxylic acid groups (broad SMARTS) is 1. The summed E-state index contributed by atoms with van der Waals surface area (Å²) >= 11 is 5.38. The lowest BCUT2D eigenvalue weighted by Crippen LogP contribution is -2.11.